The summed E-state index contributed by atoms with van der Waals surface area (Å²) in [5.74, 6) is -0.528. The van der Waals surface area contributed by atoms with E-state index in [1.807, 2.05) is 13.8 Å². The van der Waals surface area contributed by atoms with Gasteiger partial charge in [-0.05, 0) is 56.2 Å². The van der Waals surface area contributed by atoms with Crippen molar-refractivity contribution in [2.24, 2.45) is 0 Å². The number of nitrogens with one attached hydrogen (secondary N) is 1. The van der Waals surface area contributed by atoms with Gasteiger partial charge in [0.1, 0.15) is 0 Å². The number of ether oxygens (including phenoxy) is 1. The Morgan fingerprint density at radius 3 is 2.48 bits per heavy atom. The molecule has 0 aliphatic heterocycles. The largest absolute Gasteiger partial charge is 0.494 e. The number of aryl methyl sites for hydroxylation is 1. The third kappa shape index (κ3) is 5.54. The monoisotopic (exact) mass is 372 g/mol. The van der Waals surface area contributed by atoms with Crippen molar-refractivity contribution in [3.63, 3.8) is 0 Å². The smallest absolute Gasteiger partial charge is 0.253 e. The maximum atomic E-state index is 13.7. The number of anilines is 1. The van der Waals surface area contributed by atoms with Gasteiger partial charge in [-0.3, -0.25) is 9.59 Å². The zero-order valence-electron chi connectivity index (χ0n) is 15.9. The maximum absolute atomic E-state index is 13.7. The molecule has 27 heavy (non-hydrogen) atoms. The molecule has 0 aliphatic carbocycles. The molecule has 0 bridgehead atoms. The van der Waals surface area contributed by atoms with Crippen LogP contribution < -0.4 is 10.1 Å². The third-order valence-corrected chi connectivity index (χ3v) is 4.30. The third-order valence-electron chi connectivity index (χ3n) is 4.30. The van der Waals surface area contributed by atoms with Crippen molar-refractivity contribution in [1.29, 1.82) is 0 Å². The van der Waals surface area contributed by atoms with Crippen molar-refractivity contribution in [2.75, 3.05) is 25.5 Å². The quantitative estimate of drug-likeness (QED) is 0.765. The van der Waals surface area contributed by atoms with Crippen LogP contribution in [0.5, 0.6) is 5.75 Å². The topological polar surface area (TPSA) is 58.6 Å². The molecule has 2 rings (SSSR count). The van der Waals surface area contributed by atoms with Crippen LogP contribution in [0.1, 0.15) is 36.2 Å². The van der Waals surface area contributed by atoms with Gasteiger partial charge in [-0.15, -0.1) is 0 Å². The first-order chi connectivity index (χ1) is 13.0. The van der Waals surface area contributed by atoms with Crippen molar-refractivity contribution in [3.05, 3.63) is 59.4 Å². The van der Waals surface area contributed by atoms with E-state index >= 15 is 0 Å². The molecule has 2 aromatic carbocycles. The van der Waals surface area contributed by atoms with E-state index < -0.39 is 5.82 Å². The number of carbonyl (C=O) groups excluding carboxylic acids is 2. The number of benzene rings is 2. The van der Waals surface area contributed by atoms with Gasteiger partial charge in [0.05, 0.1) is 7.11 Å². The Kier molecular flexibility index (Phi) is 7.34. The number of rotatable bonds is 8. The van der Waals surface area contributed by atoms with Gasteiger partial charge in [0, 0.05) is 30.8 Å². The summed E-state index contributed by atoms with van der Waals surface area (Å²) in [4.78, 5) is 26.3. The van der Waals surface area contributed by atoms with Gasteiger partial charge in [0.25, 0.3) is 5.91 Å². The minimum Gasteiger partial charge on any atom is -0.494 e. The number of methoxy groups -OCH3 is 1. The highest BCUT2D eigenvalue weighted by molar-refractivity contribution is 5.97. The fourth-order valence-electron chi connectivity index (χ4n) is 2.77. The Bertz CT molecular complexity index is 804. The molecular weight excluding hydrogens is 347 g/mol. The Labute approximate surface area is 159 Å². The molecule has 0 saturated heterocycles. The van der Waals surface area contributed by atoms with E-state index in [2.05, 4.69) is 5.32 Å². The lowest BCUT2D eigenvalue weighted by Crippen LogP contribution is -2.30. The van der Waals surface area contributed by atoms with Crippen LogP contribution in [-0.4, -0.2) is 36.9 Å². The molecule has 6 heteroatoms. The lowest BCUT2D eigenvalue weighted by molar-refractivity contribution is -0.116. The van der Waals surface area contributed by atoms with Gasteiger partial charge in [0.2, 0.25) is 5.91 Å². The van der Waals surface area contributed by atoms with E-state index in [1.54, 1.807) is 41.3 Å². The molecule has 144 valence electrons. The molecule has 0 heterocycles. The molecule has 2 aromatic rings. The van der Waals surface area contributed by atoms with Gasteiger partial charge in [-0.2, -0.15) is 0 Å². The van der Waals surface area contributed by atoms with E-state index in [9.17, 15) is 14.0 Å². The van der Waals surface area contributed by atoms with Gasteiger partial charge in [-0.1, -0.05) is 12.1 Å². The highest BCUT2D eigenvalue weighted by Gasteiger charge is 2.13. The summed E-state index contributed by atoms with van der Waals surface area (Å²) in [5.41, 5.74) is 1.82. The van der Waals surface area contributed by atoms with Gasteiger partial charge >= 0.3 is 0 Å². The molecule has 5 nitrogen and oxygen atoms in total. The Balaban J connectivity index is 1.97. The van der Waals surface area contributed by atoms with Crippen LogP contribution in [0.4, 0.5) is 10.1 Å². The zero-order valence-corrected chi connectivity index (χ0v) is 15.9. The summed E-state index contributed by atoms with van der Waals surface area (Å²) in [6.07, 6.45) is 0.616. The number of amides is 2. The highest BCUT2D eigenvalue weighted by atomic mass is 19.1. The standard InChI is InChI=1S/C21H25FN2O3/c1-4-24(5-2)21(26)16-7-6-8-17(14-16)23-20(25)12-10-15-9-11-19(27-3)18(22)13-15/h6-9,11,13-14H,4-5,10,12H2,1-3H3,(H,23,25). The van der Waals surface area contributed by atoms with Crippen LogP contribution in [0.25, 0.3) is 0 Å². The van der Waals surface area contributed by atoms with Gasteiger partial charge < -0.3 is 15.0 Å². The Morgan fingerprint density at radius 1 is 1.11 bits per heavy atom. The fourth-order valence-corrected chi connectivity index (χ4v) is 2.77. The highest BCUT2D eigenvalue weighted by Crippen LogP contribution is 2.19. The second-order valence-electron chi connectivity index (χ2n) is 6.08. The molecule has 0 aromatic heterocycles. The second kappa shape index (κ2) is 9.71. The van der Waals surface area contributed by atoms with E-state index in [0.29, 0.717) is 36.3 Å². The number of halogens is 1. The summed E-state index contributed by atoms with van der Waals surface area (Å²) in [5, 5.41) is 2.79. The number of nitrogens with zero attached hydrogens (tertiary/aromatic N) is 1. The molecule has 0 radical (unpaired) electrons. The predicted molar refractivity (Wildman–Crippen MR) is 104 cm³/mol. The van der Waals surface area contributed by atoms with Gasteiger partial charge in [-0.25, -0.2) is 4.39 Å². The number of carbonyl (C=O) groups is 2. The molecule has 1 N–H and O–H groups in total. The Morgan fingerprint density at radius 2 is 1.85 bits per heavy atom. The average Bonchev–Trinajstić information content (AvgIpc) is 2.67. The van der Waals surface area contributed by atoms with Crippen LogP contribution in [0.15, 0.2) is 42.5 Å². The normalized spacial score (nSPS) is 10.4. The molecule has 2 amide bonds. The number of hydrogen-bond acceptors (Lipinski definition) is 3. The SMILES string of the molecule is CCN(CC)C(=O)c1cccc(NC(=O)CCc2ccc(OC)c(F)c2)c1. The van der Waals surface area contributed by atoms with E-state index in [1.165, 1.54) is 13.2 Å². The molecular formula is C21H25FN2O3. The summed E-state index contributed by atoms with van der Waals surface area (Å²) in [7, 11) is 1.41. The van der Waals surface area contributed by atoms with E-state index in [-0.39, 0.29) is 24.0 Å². The lowest BCUT2D eigenvalue weighted by Gasteiger charge is -2.19. The molecule has 0 spiro atoms. The van der Waals surface area contributed by atoms with Crippen LogP contribution in [0.2, 0.25) is 0 Å². The molecule has 0 unspecified atom stereocenters. The number of hydrogen-bond donors (Lipinski definition) is 1. The summed E-state index contributed by atoms with van der Waals surface area (Å²) >= 11 is 0. The first-order valence-corrected chi connectivity index (χ1v) is 9.00. The second-order valence-corrected chi connectivity index (χ2v) is 6.08. The van der Waals surface area contributed by atoms with Crippen LogP contribution in [-0.2, 0) is 11.2 Å². The molecule has 0 aliphatic rings. The summed E-state index contributed by atoms with van der Waals surface area (Å²) in [6.45, 7) is 5.11. The first kappa shape index (κ1) is 20.4. The lowest BCUT2D eigenvalue weighted by atomic mass is 10.1. The van der Waals surface area contributed by atoms with Crippen molar-refractivity contribution < 1.29 is 18.7 Å². The minimum absolute atomic E-state index is 0.0650. The summed E-state index contributed by atoms with van der Waals surface area (Å²) in [6, 6.07) is 11.5. The van der Waals surface area contributed by atoms with E-state index in [0.717, 1.165) is 0 Å². The fraction of sp³-hybridized carbons (Fsp3) is 0.333. The summed E-state index contributed by atoms with van der Waals surface area (Å²) < 4.78 is 18.6. The Hall–Kier alpha value is -2.89. The molecule has 0 saturated carbocycles. The van der Waals surface area contributed by atoms with Crippen molar-refractivity contribution in [2.45, 2.75) is 26.7 Å². The van der Waals surface area contributed by atoms with Crippen molar-refractivity contribution >= 4 is 17.5 Å². The molecule has 0 atom stereocenters. The van der Waals surface area contributed by atoms with E-state index in [4.69, 9.17) is 4.74 Å². The maximum Gasteiger partial charge on any atom is 0.253 e. The van der Waals surface area contributed by atoms with Crippen LogP contribution in [0, 0.1) is 5.82 Å². The first-order valence-electron chi connectivity index (χ1n) is 9.00. The van der Waals surface area contributed by atoms with Gasteiger partial charge in [0.15, 0.2) is 11.6 Å². The van der Waals surface area contributed by atoms with Crippen molar-refractivity contribution in [3.8, 4) is 5.75 Å². The zero-order chi connectivity index (χ0) is 19.8. The molecule has 0 fully saturated rings. The van der Waals surface area contributed by atoms with Crippen LogP contribution >= 0.6 is 0 Å². The van der Waals surface area contributed by atoms with Crippen molar-refractivity contribution in [1.82, 2.24) is 4.90 Å². The van der Waals surface area contributed by atoms with Crippen LogP contribution in [0.3, 0.4) is 0 Å². The average molecular weight is 372 g/mol. The predicted octanol–water partition coefficient (Wildman–Crippen LogP) is 3.89. The minimum atomic E-state index is -0.446.